The molecule has 3 heterocycles. The molecule has 1 unspecified atom stereocenters. The van der Waals surface area contributed by atoms with E-state index in [9.17, 15) is 5.11 Å². The average molecular weight is 308 g/mol. The van der Waals surface area contributed by atoms with Gasteiger partial charge in [0.05, 0.1) is 11.3 Å². The highest BCUT2D eigenvalue weighted by Crippen LogP contribution is 2.27. The van der Waals surface area contributed by atoms with Gasteiger partial charge in [-0.2, -0.15) is 5.26 Å². The Hall–Kier alpha value is -2.29. The molecule has 0 aromatic carbocycles. The molecule has 0 saturated carbocycles. The molecule has 0 radical (unpaired) electrons. The van der Waals surface area contributed by atoms with Crippen molar-refractivity contribution < 1.29 is 5.11 Å². The molecular weight excluding hydrogens is 288 g/mol. The Morgan fingerprint density at radius 2 is 2.04 bits per heavy atom. The first kappa shape index (κ1) is 15.6. The largest absolute Gasteiger partial charge is 0.385 e. The summed E-state index contributed by atoms with van der Waals surface area (Å²) in [4.78, 5) is 10.9. The van der Waals surface area contributed by atoms with Crippen LogP contribution in [0.25, 0.3) is 0 Å². The summed E-state index contributed by atoms with van der Waals surface area (Å²) in [6.45, 7) is 2.50. The number of nitriles is 1. The molecule has 1 N–H and O–H groups in total. The SMILES string of the molecule is N#Cc1ccc(C2CCN(CC(O)c3ccccn3)CC2)nc1. The third-order valence-electron chi connectivity index (χ3n) is 4.38. The number of aromatic nitrogens is 2. The second kappa shape index (κ2) is 7.32. The van der Waals surface area contributed by atoms with E-state index in [-0.39, 0.29) is 0 Å². The predicted molar refractivity (Wildman–Crippen MR) is 86.6 cm³/mol. The number of piperidine rings is 1. The van der Waals surface area contributed by atoms with Gasteiger partial charge in [0.25, 0.3) is 0 Å². The second-order valence-electron chi connectivity index (χ2n) is 5.93. The van der Waals surface area contributed by atoms with Crippen LogP contribution in [-0.4, -0.2) is 39.6 Å². The standard InChI is InChI=1S/C18H20N4O/c19-11-14-4-5-16(21-12-14)15-6-9-22(10-7-15)13-18(23)17-3-1-2-8-20-17/h1-5,8,12,15,18,23H,6-7,9-10,13H2. The van der Waals surface area contributed by atoms with E-state index in [4.69, 9.17) is 5.26 Å². The Bertz CT molecular complexity index is 658. The van der Waals surface area contributed by atoms with Crippen LogP contribution in [0.2, 0.25) is 0 Å². The molecule has 1 saturated heterocycles. The van der Waals surface area contributed by atoms with Crippen molar-refractivity contribution in [1.82, 2.24) is 14.9 Å². The van der Waals surface area contributed by atoms with Gasteiger partial charge in [-0.25, -0.2) is 0 Å². The van der Waals surface area contributed by atoms with Crippen molar-refractivity contribution in [3.8, 4) is 6.07 Å². The van der Waals surface area contributed by atoms with Gasteiger partial charge in [0.2, 0.25) is 0 Å². The molecule has 118 valence electrons. The van der Waals surface area contributed by atoms with Crippen molar-refractivity contribution in [1.29, 1.82) is 5.26 Å². The third kappa shape index (κ3) is 3.92. The summed E-state index contributed by atoms with van der Waals surface area (Å²) < 4.78 is 0. The highest BCUT2D eigenvalue weighted by atomic mass is 16.3. The van der Waals surface area contributed by atoms with Gasteiger partial charge in [-0.05, 0) is 50.2 Å². The van der Waals surface area contributed by atoms with Crippen LogP contribution in [0.1, 0.15) is 41.8 Å². The Balaban J connectivity index is 1.53. The van der Waals surface area contributed by atoms with E-state index >= 15 is 0 Å². The third-order valence-corrected chi connectivity index (χ3v) is 4.38. The van der Waals surface area contributed by atoms with E-state index in [0.717, 1.165) is 37.3 Å². The van der Waals surface area contributed by atoms with Gasteiger partial charge in [-0.3, -0.25) is 9.97 Å². The number of aliphatic hydroxyl groups is 1. The summed E-state index contributed by atoms with van der Waals surface area (Å²) in [7, 11) is 0. The quantitative estimate of drug-likeness (QED) is 0.938. The maximum absolute atomic E-state index is 10.3. The lowest BCUT2D eigenvalue weighted by Gasteiger charge is -2.32. The minimum Gasteiger partial charge on any atom is -0.385 e. The highest BCUT2D eigenvalue weighted by Gasteiger charge is 2.23. The molecule has 5 nitrogen and oxygen atoms in total. The number of pyridine rings is 2. The fraction of sp³-hybridized carbons (Fsp3) is 0.389. The van der Waals surface area contributed by atoms with E-state index in [1.165, 1.54) is 0 Å². The molecule has 0 spiro atoms. The lowest BCUT2D eigenvalue weighted by molar-refractivity contribution is 0.0941. The molecule has 0 aliphatic carbocycles. The number of hydrogen-bond acceptors (Lipinski definition) is 5. The van der Waals surface area contributed by atoms with E-state index in [0.29, 0.717) is 18.0 Å². The molecule has 23 heavy (non-hydrogen) atoms. The summed E-state index contributed by atoms with van der Waals surface area (Å²) in [5.74, 6) is 0.436. The number of β-amino-alcohol motifs (C(OH)–C–C–N with tert-alkyl or cyclic N) is 1. The first-order valence-corrected chi connectivity index (χ1v) is 7.93. The molecule has 2 aromatic heterocycles. The lowest BCUT2D eigenvalue weighted by Crippen LogP contribution is -2.36. The molecule has 1 atom stereocenters. The molecule has 1 aliphatic heterocycles. The van der Waals surface area contributed by atoms with E-state index in [2.05, 4.69) is 20.9 Å². The molecule has 1 fully saturated rings. The van der Waals surface area contributed by atoms with Gasteiger partial charge in [-0.15, -0.1) is 0 Å². The predicted octanol–water partition coefficient (Wildman–Crippen LogP) is 2.26. The Kier molecular flexibility index (Phi) is 4.96. The highest BCUT2D eigenvalue weighted by molar-refractivity contribution is 5.27. The maximum Gasteiger partial charge on any atom is 0.109 e. The van der Waals surface area contributed by atoms with E-state index < -0.39 is 6.10 Å². The molecule has 0 bridgehead atoms. The van der Waals surface area contributed by atoms with E-state index in [1.54, 1.807) is 12.4 Å². The number of rotatable bonds is 4. The van der Waals surface area contributed by atoms with Crippen LogP contribution in [0.5, 0.6) is 0 Å². The van der Waals surface area contributed by atoms with Crippen LogP contribution >= 0.6 is 0 Å². The van der Waals surface area contributed by atoms with Crippen LogP contribution in [0.15, 0.2) is 42.7 Å². The summed E-state index contributed by atoms with van der Waals surface area (Å²) in [6.07, 6.45) is 4.86. The zero-order valence-electron chi connectivity index (χ0n) is 13.0. The van der Waals surface area contributed by atoms with Gasteiger partial charge in [0, 0.05) is 30.6 Å². The molecular formula is C18H20N4O. The summed E-state index contributed by atoms with van der Waals surface area (Å²) in [5.41, 5.74) is 2.39. The van der Waals surface area contributed by atoms with Gasteiger partial charge >= 0.3 is 0 Å². The Labute approximate surface area is 136 Å². The smallest absolute Gasteiger partial charge is 0.109 e. The first-order valence-electron chi connectivity index (χ1n) is 7.93. The van der Waals surface area contributed by atoms with Crippen molar-refractivity contribution in [3.05, 3.63) is 59.7 Å². The zero-order valence-corrected chi connectivity index (χ0v) is 13.0. The maximum atomic E-state index is 10.3. The molecule has 0 amide bonds. The molecule has 5 heteroatoms. The number of likely N-dealkylation sites (tertiary alicyclic amines) is 1. The van der Waals surface area contributed by atoms with Crippen LogP contribution in [-0.2, 0) is 0 Å². The van der Waals surface area contributed by atoms with Crippen molar-refractivity contribution >= 4 is 0 Å². The van der Waals surface area contributed by atoms with Crippen molar-refractivity contribution in [3.63, 3.8) is 0 Å². The van der Waals surface area contributed by atoms with Crippen LogP contribution in [0, 0.1) is 11.3 Å². The lowest BCUT2D eigenvalue weighted by atomic mass is 9.92. The first-order chi connectivity index (χ1) is 11.3. The fourth-order valence-electron chi connectivity index (χ4n) is 3.04. The van der Waals surface area contributed by atoms with Gasteiger partial charge < -0.3 is 10.0 Å². The average Bonchev–Trinajstić information content (AvgIpc) is 2.63. The Morgan fingerprint density at radius 3 is 2.65 bits per heavy atom. The van der Waals surface area contributed by atoms with Crippen molar-refractivity contribution in [2.45, 2.75) is 24.9 Å². The number of hydrogen-bond donors (Lipinski definition) is 1. The minimum atomic E-state index is -0.541. The van der Waals surface area contributed by atoms with Gasteiger partial charge in [0.15, 0.2) is 0 Å². The second-order valence-corrected chi connectivity index (χ2v) is 5.93. The summed E-state index contributed by atoms with van der Waals surface area (Å²) in [5, 5.41) is 19.1. The van der Waals surface area contributed by atoms with Crippen LogP contribution in [0.4, 0.5) is 0 Å². The van der Waals surface area contributed by atoms with Crippen LogP contribution < -0.4 is 0 Å². The molecule has 2 aromatic rings. The van der Waals surface area contributed by atoms with Gasteiger partial charge in [-0.1, -0.05) is 6.07 Å². The molecule has 1 aliphatic rings. The minimum absolute atomic E-state index is 0.436. The normalized spacial score (nSPS) is 17.6. The number of aliphatic hydroxyl groups excluding tert-OH is 1. The summed E-state index contributed by atoms with van der Waals surface area (Å²) in [6, 6.07) is 11.5. The monoisotopic (exact) mass is 308 g/mol. The van der Waals surface area contributed by atoms with E-state index in [1.807, 2.05) is 30.3 Å². The fourth-order valence-corrected chi connectivity index (χ4v) is 3.04. The van der Waals surface area contributed by atoms with Crippen molar-refractivity contribution in [2.24, 2.45) is 0 Å². The van der Waals surface area contributed by atoms with Crippen LogP contribution in [0.3, 0.4) is 0 Å². The zero-order chi connectivity index (χ0) is 16.1. The topological polar surface area (TPSA) is 73.0 Å². The number of nitrogens with zero attached hydrogens (tertiary/aromatic N) is 4. The summed E-state index contributed by atoms with van der Waals surface area (Å²) >= 11 is 0. The Morgan fingerprint density at radius 1 is 1.22 bits per heavy atom. The molecule has 3 rings (SSSR count). The van der Waals surface area contributed by atoms with Crippen molar-refractivity contribution in [2.75, 3.05) is 19.6 Å². The van der Waals surface area contributed by atoms with Gasteiger partial charge in [0.1, 0.15) is 12.2 Å².